The molecule has 1 N–H and O–H groups in total. The normalized spacial score (nSPS) is 16.6. The predicted molar refractivity (Wildman–Crippen MR) is 143 cm³/mol. The summed E-state index contributed by atoms with van der Waals surface area (Å²) in [6.45, 7) is 0.938. The molecule has 0 aromatic heterocycles. The van der Waals surface area contributed by atoms with Gasteiger partial charge in [0.25, 0.3) is 11.8 Å². The molecule has 3 aromatic carbocycles. The summed E-state index contributed by atoms with van der Waals surface area (Å²) in [6.07, 6.45) is 2.61. The largest absolute Gasteiger partial charge is 0.457 e. The number of fused-ring (bicyclic) bond motifs is 1. The van der Waals surface area contributed by atoms with Crippen molar-refractivity contribution in [2.24, 2.45) is 0 Å². The SMILES string of the molecule is O=C(CSCCc1ccccc1)Nc1cccc(Oc2ccc3c(c2)C(=O)N(CC2CCCO2)C3=O)c1. The van der Waals surface area contributed by atoms with Crippen molar-refractivity contribution in [3.8, 4) is 11.5 Å². The number of nitrogens with one attached hydrogen (secondary N) is 1. The van der Waals surface area contributed by atoms with Crippen molar-refractivity contribution in [2.45, 2.75) is 25.4 Å². The number of nitrogens with zero attached hydrogens (tertiary/aromatic N) is 1. The fourth-order valence-electron chi connectivity index (χ4n) is 4.46. The van der Waals surface area contributed by atoms with Crippen LogP contribution in [0.4, 0.5) is 5.69 Å². The molecule has 2 aliphatic heterocycles. The highest BCUT2D eigenvalue weighted by molar-refractivity contribution is 7.99. The molecule has 1 saturated heterocycles. The Bertz CT molecular complexity index is 1290. The summed E-state index contributed by atoms with van der Waals surface area (Å²) in [4.78, 5) is 39.3. The maximum absolute atomic E-state index is 12.9. The van der Waals surface area contributed by atoms with E-state index in [4.69, 9.17) is 9.47 Å². The van der Waals surface area contributed by atoms with E-state index in [2.05, 4.69) is 17.4 Å². The lowest BCUT2D eigenvalue weighted by atomic mass is 10.1. The highest BCUT2D eigenvalue weighted by Crippen LogP contribution is 2.31. The van der Waals surface area contributed by atoms with Gasteiger partial charge in [0.1, 0.15) is 11.5 Å². The van der Waals surface area contributed by atoms with Crippen LogP contribution in [0, 0.1) is 0 Å². The van der Waals surface area contributed by atoms with Gasteiger partial charge in [0.15, 0.2) is 0 Å². The van der Waals surface area contributed by atoms with E-state index in [0.717, 1.165) is 25.0 Å². The van der Waals surface area contributed by atoms with E-state index in [0.29, 0.717) is 40.7 Å². The quantitative estimate of drug-likeness (QED) is 0.296. The van der Waals surface area contributed by atoms with Crippen LogP contribution in [0.2, 0.25) is 0 Å². The molecule has 7 nitrogen and oxygen atoms in total. The van der Waals surface area contributed by atoms with Gasteiger partial charge >= 0.3 is 0 Å². The van der Waals surface area contributed by atoms with E-state index in [1.54, 1.807) is 54.2 Å². The Morgan fingerprint density at radius 1 is 0.973 bits per heavy atom. The number of thioether (sulfide) groups is 1. The fraction of sp³-hybridized carbons (Fsp3) is 0.276. The maximum Gasteiger partial charge on any atom is 0.261 e. The van der Waals surface area contributed by atoms with Crippen molar-refractivity contribution in [3.63, 3.8) is 0 Å². The summed E-state index contributed by atoms with van der Waals surface area (Å²) in [7, 11) is 0. The Morgan fingerprint density at radius 3 is 2.59 bits per heavy atom. The van der Waals surface area contributed by atoms with Crippen molar-refractivity contribution in [1.29, 1.82) is 0 Å². The molecule has 0 spiro atoms. The van der Waals surface area contributed by atoms with Crippen LogP contribution in [-0.2, 0) is 16.0 Å². The summed E-state index contributed by atoms with van der Waals surface area (Å²) < 4.78 is 11.6. The van der Waals surface area contributed by atoms with Crippen LogP contribution in [0.1, 0.15) is 39.1 Å². The summed E-state index contributed by atoms with van der Waals surface area (Å²) >= 11 is 1.59. The van der Waals surface area contributed by atoms with Crippen LogP contribution in [0.25, 0.3) is 0 Å². The molecule has 0 bridgehead atoms. The van der Waals surface area contributed by atoms with Gasteiger partial charge in [-0.25, -0.2) is 0 Å². The van der Waals surface area contributed by atoms with E-state index in [1.165, 1.54) is 10.5 Å². The predicted octanol–water partition coefficient (Wildman–Crippen LogP) is 5.17. The van der Waals surface area contributed by atoms with Crippen molar-refractivity contribution >= 4 is 35.2 Å². The minimum absolute atomic E-state index is 0.0804. The number of ether oxygens (including phenoxy) is 2. The first-order chi connectivity index (χ1) is 18.1. The van der Waals surface area contributed by atoms with E-state index in [9.17, 15) is 14.4 Å². The molecule has 8 heteroatoms. The van der Waals surface area contributed by atoms with Crippen molar-refractivity contribution in [3.05, 3.63) is 89.5 Å². The highest BCUT2D eigenvalue weighted by Gasteiger charge is 2.37. The van der Waals surface area contributed by atoms with Crippen molar-refractivity contribution in [2.75, 3.05) is 30.0 Å². The average Bonchev–Trinajstić information content (AvgIpc) is 3.50. The number of benzene rings is 3. The molecule has 0 saturated carbocycles. The Kier molecular flexibility index (Phi) is 7.87. The summed E-state index contributed by atoms with van der Waals surface area (Å²) in [5, 5.41) is 2.90. The number of amides is 3. The molecule has 5 rings (SSSR count). The van der Waals surface area contributed by atoms with E-state index in [-0.39, 0.29) is 30.4 Å². The third-order valence-electron chi connectivity index (χ3n) is 6.32. The Morgan fingerprint density at radius 2 is 1.78 bits per heavy atom. The lowest BCUT2D eigenvalue weighted by Gasteiger charge is -2.17. The number of hydrogen-bond acceptors (Lipinski definition) is 6. The second kappa shape index (κ2) is 11.6. The first-order valence-electron chi connectivity index (χ1n) is 12.4. The Labute approximate surface area is 220 Å². The molecular formula is C29H28N2O5S. The number of aryl methyl sites for hydroxylation is 1. The minimum atomic E-state index is -0.327. The van der Waals surface area contributed by atoms with Crippen LogP contribution in [0.15, 0.2) is 72.8 Å². The first-order valence-corrected chi connectivity index (χ1v) is 13.5. The molecule has 1 unspecified atom stereocenters. The minimum Gasteiger partial charge on any atom is -0.457 e. The van der Waals surface area contributed by atoms with Gasteiger partial charge in [-0.15, -0.1) is 0 Å². The maximum atomic E-state index is 12.9. The molecule has 3 aromatic rings. The standard InChI is InChI=1S/C29H28N2O5S/c32-27(19-37-15-13-20-6-2-1-3-7-20)30-21-8-4-9-22(16-21)36-23-11-12-25-26(17-23)29(34)31(28(25)33)18-24-10-5-14-35-24/h1-4,6-9,11-12,16-17,24H,5,10,13-15,18-19H2,(H,30,32). The van der Waals surface area contributed by atoms with Gasteiger partial charge in [-0.3, -0.25) is 19.3 Å². The van der Waals surface area contributed by atoms with Crippen molar-refractivity contribution < 1.29 is 23.9 Å². The van der Waals surface area contributed by atoms with Crippen LogP contribution >= 0.6 is 11.8 Å². The lowest BCUT2D eigenvalue weighted by molar-refractivity contribution is -0.113. The summed E-state index contributed by atoms with van der Waals surface area (Å²) in [6, 6.07) is 22.2. The van der Waals surface area contributed by atoms with Crippen molar-refractivity contribution in [1.82, 2.24) is 4.90 Å². The average molecular weight is 517 g/mol. The zero-order valence-corrected chi connectivity index (χ0v) is 21.2. The van der Waals surface area contributed by atoms with E-state index < -0.39 is 0 Å². The second-order valence-electron chi connectivity index (χ2n) is 9.03. The molecule has 1 fully saturated rings. The number of hydrogen-bond donors (Lipinski definition) is 1. The molecular weight excluding hydrogens is 488 g/mol. The molecule has 190 valence electrons. The van der Waals surface area contributed by atoms with Gasteiger partial charge in [0.05, 0.1) is 29.5 Å². The summed E-state index contributed by atoms with van der Waals surface area (Å²) in [5.41, 5.74) is 2.59. The van der Waals surface area contributed by atoms with E-state index >= 15 is 0 Å². The van der Waals surface area contributed by atoms with Gasteiger partial charge in [-0.2, -0.15) is 11.8 Å². The molecule has 2 heterocycles. The fourth-order valence-corrected chi connectivity index (χ4v) is 5.24. The Hall–Kier alpha value is -3.62. The highest BCUT2D eigenvalue weighted by atomic mass is 32.2. The van der Waals surface area contributed by atoms with E-state index in [1.807, 2.05) is 18.2 Å². The number of anilines is 1. The molecule has 3 amide bonds. The smallest absolute Gasteiger partial charge is 0.261 e. The second-order valence-corrected chi connectivity index (χ2v) is 10.1. The topological polar surface area (TPSA) is 84.9 Å². The molecule has 0 aliphatic carbocycles. The molecule has 2 aliphatic rings. The third-order valence-corrected chi connectivity index (χ3v) is 7.28. The van der Waals surface area contributed by atoms with Crippen LogP contribution < -0.4 is 10.1 Å². The third kappa shape index (κ3) is 6.21. The molecule has 0 radical (unpaired) electrons. The summed E-state index contributed by atoms with van der Waals surface area (Å²) in [5.74, 6) is 1.48. The zero-order valence-electron chi connectivity index (χ0n) is 20.4. The van der Waals surface area contributed by atoms with Gasteiger partial charge < -0.3 is 14.8 Å². The number of carbonyl (C=O) groups is 3. The molecule has 37 heavy (non-hydrogen) atoms. The van der Waals surface area contributed by atoms with Gasteiger partial charge in [0, 0.05) is 18.4 Å². The number of rotatable bonds is 10. The van der Waals surface area contributed by atoms with Gasteiger partial charge in [0.2, 0.25) is 5.91 Å². The molecule has 1 atom stereocenters. The Balaban J connectivity index is 1.15. The zero-order chi connectivity index (χ0) is 25.6. The van der Waals surface area contributed by atoms with Crippen LogP contribution in [-0.4, -0.2) is 53.4 Å². The first kappa shape index (κ1) is 25.0. The van der Waals surface area contributed by atoms with Crippen LogP contribution in [0.3, 0.4) is 0 Å². The van der Waals surface area contributed by atoms with Crippen LogP contribution in [0.5, 0.6) is 11.5 Å². The van der Waals surface area contributed by atoms with Gasteiger partial charge in [-0.1, -0.05) is 36.4 Å². The monoisotopic (exact) mass is 516 g/mol. The number of imide groups is 1. The van der Waals surface area contributed by atoms with Gasteiger partial charge in [-0.05, 0) is 60.9 Å². The number of carbonyl (C=O) groups excluding carboxylic acids is 3. The lowest BCUT2D eigenvalue weighted by Crippen LogP contribution is -2.36.